The summed E-state index contributed by atoms with van der Waals surface area (Å²) in [4.78, 5) is 18.4. The highest BCUT2D eigenvalue weighted by molar-refractivity contribution is 5.84. The number of nitrogens with one attached hydrogen (secondary N) is 2. The van der Waals surface area contributed by atoms with Crippen molar-refractivity contribution >= 4 is 22.5 Å². The molecule has 2 heterocycles. The standard InChI is InChI=1S/C13H12N6O2/c20-19(21)10-3-1-9(2-4-10)5-6-14-13-12-11(7-17-18-12)15-8-16-13/h1-4,7-8H,5-6H2,(H,17,18)(H,14,15,16). The lowest BCUT2D eigenvalue weighted by atomic mass is 10.1. The minimum atomic E-state index is -0.405. The minimum absolute atomic E-state index is 0.0988. The molecule has 0 spiro atoms. The SMILES string of the molecule is O=[N+]([O-])c1ccc(CCNc2ncnc3cn[nH]c23)cc1. The lowest BCUT2D eigenvalue weighted by Gasteiger charge is -2.06. The topological polar surface area (TPSA) is 110 Å². The van der Waals surface area contributed by atoms with Gasteiger partial charge in [0.2, 0.25) is 0 Å². The maximum atomic E-state index is 10.6. The number of fused-ring (bicyclic) bond motifs is 1. The first-order valence-electron chi connectivity index (χ1n) is 6.35. The van der Waals surface area contributed by atoms with Crippen LogP contribution in [0.4, 0.5) is 11.5 Å². The fraction of sp³-hybridized carbons (Fsp3) is 0.154. The van der Waals surface area contributed by atoms with Crippen molar-refractivity contribution in [2.45, 2.75) is 6.42 Å². The Kier molecular flexibility index (Phi) is 3.42. The van der Waals surface area contributed by atoms with Crippen LogP contribution >= 0.6 is 0 Å². The normalized spacial score (nSPS) is 10.7. The average Bonchev–Trinajstić information content (AvgIpc) is 2.97. The zero-order chi connectivity index (χ0) is 14.7. The second kappa shape index (κ2) is 5.53. The molecule has 0 radical (unpaired) electrons. The number of anilines is 1. The highest BCUT2D eigenvalue weighted by Crippen LogP contribution is 2.16. The summed E-state index contributed by atoms with van der Waals surface area (Å²) in [6.45, 7) is 0.656. The molecule has 1 aromatic carbocycles. The van der Waals surface area contributed by atoms with Gasteiger partial charge in [0.25, 0.3) is 5.69 Å². The zero-order valence-electron chi connectivity index (χ0n) is 11.0. The second-order valence-electron chi connectivity index (χ2n) is 4.45. The summed E-state index contributed by atoms with van der Waals surface area (Å²) in [5.74, 6) is 0.694. The molecule has 0 aliphatic carbocycles. The quantitative estimate of drug-likeness (QED) is 0.547. The molecule has 2 N–H and O–H groups in total. The predicted molar refractivity (Wildman–Crippen MR) is 77.0 cm³/mol. The molecule has 0 fully saturated rings. The number of nitrogens with zero attached hydrogens (tertiary/aromatic N) is 4. The zero-order valence-corrected chi connectivity index (χ0v) is 11.0. The van der Waals surface area contributed by atoms with E-state index in [-0.39, 0.29) is 5.69 Å². The molecule has 0 unspecified atom stereocenters. The number of aromatic amines is 1. The first kappa shape index (κ1) is 13.0. The molecule has 106 valence electrons. The van der Waals surface area contributed by atoms with Crippen LogP contribution < -0.4 is 5.32 Å². The number of aromatic nitrogens is 4. The number of rotatable bonds is 5. The number of H-pyrrole nitrogens is 1. The molecular formula is C13H12N6O2. The summed E-state index contributed by atoms with van der Waals surface area (Å²) in [6.07, 6.45) is 3.85. The van der Waals surface area contributed by atoms with Gasteiger partial charge >= 0.3 is 0 Å². The van der Waals surface area contributed by atoms with Gasteiger partial charge in [-0.2, -0.15) is 5.10 Å². The third kappa shape index (κ3) is 2.78. The van der Waals surface area contributed by atoms with E-state index in [0.717, 1.165) is 23.0 Å². The van der Waals surface area contributed by atoms with E-state index in [0.29, 0.717) is 12.4 Å². The minimum Gasteiger partial charge on any atom is -0.368 e. The number of nitro groups is 1. The third-order valence-corrected chi connectivity index (χ3v) is 3.09. The van der Waals surface area contributed by atoms with E-state index >= 15 is 0 Å². The Hall–Kier alpha value is -3.03. The number of nitro benzene ring substituents is 1. The monoisotopic (exact) mass is 284 g/mol. The molecule has 2 aromatic heterocycles. The maximum Gasteiger partial charge on any atom is 0.269 e. The average molecular weight is 284 g/mol. The first-order valence-corrected chi connectivity index (χ1v) is 6.35. The van der Waals surface area contributed by atoms with E-state index in [4.69, 9.17) is 0 Å². The summed E-state index contributed by atoms with van der Waals surface area (Å²) in [5, 5.41) is 20.6. The van der Waals surface area contributed by atoms with Crippen LogP contribution in [0.25, 0.3) is 11.0 Å². The van der Waals surface area contributed by atoms with E-state index < -0.39 is 4.92 Å². The van der Waals surface area contributed by atoms with Crippen molar-refractivity contribution in [3.63, 3.8) is 0 Å². The Balaban J connectivity index is 1.63. The lowest BCUT2D eigenvalue weighted by Crippen LogP contribution is -2.07. The van der Waals surface area contributed by atoms with Crippen molar-refractivity contribution in [3.8, 4) is 0 Å². The third-order valence-electron chi connectivity index (χ3n) is 3.09. The number of non-ortho nitro benzene ring substituents is 1. The van der Waals surface area contributed by atoms with Gasteiger partial charge in [0.05, 0.1) is 11.1 Å². The number of hydrogen-bond acceptors (Lipinski definition) is 6. The van der Waals surface area contributed by atoms with E-state index in [2.05, 4.69) is 25.5 Å². The van der Waals surface area contributed by atoms with Gasteiger partial charge in [-0.1, -0.05) is 12.1 Å². The van der Waals surface area contributed by atoms with Gasteiger partial charge in [-0.25, -0.2) is 9.97 Å². The summed E-state index contributed by atoms with van der Waals surface area (Å²) < 4.78 is 0. The molecule has 8 heteroatoms. The predicted octanol–water partition coefficient (Wildman–Crippen LogP) is 1.92. The van der Waals surface area contributed by atoms with Crippen LogP contribution in [-0.4, -0.2) is 31.6 Å². The van der Waals surface area contributed by atoms with Crippen molar-refractivity contribution in [3.05, 3.63) is 52.5 Å². The molecule has 0 amide bonds. The van der Waals surface area contributed by atoms with Crippen LogP contribution in [0.1, 0.15) is 5.56 Å². The number of benzene rings is 1. The Labute approximate surface area is 119 Å². The smallest absolute Gasteiger partial charge is 0.269 e. The Morgan fingerprint density at radius 2 is 2.05 bits per heavy atom. The molecule has 0 aliphatic heterocycles. The van der Waals surface area contributed by atoms with Crippen molar-refractivity contribution in [1.29, 1.82) is 0 Å². The van der Waals surface area contributed by atoms with Crippen molar-refractivity contribution < 1.29 is 4.92 Å². The summed E-state index contributed by atoms with van der Waals surface area (Å²) in [6, 6.07) is 6.53. The Morgan fingerprint density at radius 3 is 2.81 bits per heavy atom. The van der Waals surface area contributed by atoms with Crippen molar-refractivity contribution in [2.24, 2.45) is 0 Å². The van der Waals surface area contributed by atoms with Crippen molar-refractivity contribution in [1.82, 2.24) is 20.2 Å². The van der Waals surface area contributed by atoms with Gasteiger partial charge in [-0.05, 0) is 12.0 Å². The van der Waals surface area contributed by atoms with Crippen LogP contribution in [0, 0.1) is 10.1 Å². The summed E-state index contributed by atoms with van der Waals surface area (Å²) in [5.41, 5.74) is 2.63. The van der Waals surface area contributed by atoms with Gasteiger partial charge in [-0.15, -0.1) is 0 Å². The van der Waals surface area contributed by atoms with Gasteiger partial charge in [0.15, 0.2) is 5.82 Å². The first-order chi connectivity index (χ1) is 10.2. The lowest BCUT2D eigenvalue weighted by molar-refractivity contribution is -0.384. The number of hydrogen-bond donors (Lipinski definition) is 2. The molecule has 0 saturated heterocycles. The van der Waals surface area contributed by atoms with Gasteiger partial charge in [0.1, 0.15) is 17.4 Å². The molecular weight excluding hydrogens is 272 g/mol. The molecule has 0 bridgehead atoms. The summed E-state index contributed by atoms with van der Waals surface area (Å²) in [7, 11) is 0. The van der Waals surface area contributed by atoms with E-state index in [1.165, 1.54) is 18.5 Å². The molecule has 3 aromatic rings. The maximum absolute atomic E-state index is 10.6. The fourth-order valence-electron chi connectivity index (χ4n) is 2.01. The van der Waals surface area contributed by atoms with Crippen LogP contribution in [-0.2, 0) is 6.42 Å². The van der Waals surface area contributed by atoms with Gasteiger partial charge in [0, 0.05) is 18.7 Å². The molecule has 0 aliphatic rings. The Bertz CT molecular complexity index is 768. The molecule has 0 atom stereocenters. The summed E-state index contributed by atoms with van der Waals surface area (Å²) >= 11 is 0. The van der Waals surface area contributed by atoms with E-state index in [9.17, 15) is 10.1 Å². The fourth-order valence-corrected chi connectivity index (χ4v) is 2.01. The Morgan fingerprint density at radius 1 is 1.24 bits per heavy atom. The van der Waals surface area contributed by atoms with E-state index in [1.807, 2.05) is 0 Å². The van der Waals surface area contributed by atoms with Crippen LogP contribution in [0.2, 0.25) is 0 Å². The molecule has 0 saturated carbocycles. The highest BCUT2D eigenvalue weighted by atomic mass is 16.6. The van der Waals surface area contributed by atoms with Crippen LogP contribution in [0.5, 0.6) is 0 Å². The van der Waals surface area contributed by atoms with Gasteiger partial charge in [-0.3, -0.25) is 15.2 Å². The molecule has 8 nitrogen and oxygen atoms in total. The van der Waals surface area contributed by atoms with Crippen LogP contribution in [0.3, 0.4) is 0 Å². The second-order valence-corrected chi connectivity index (χ2v) is 4.45. The molecule has 21 heavy (non-hydrogen) atoms. The largest absolute Gasteiger partial charge is 0.368 e. The highest BCUT2D eigenvalue weighted by Gasteiger charge is 2.06. The van der Waals surface area contributed by atoms with Crippen LogP contribution in [0.15, 0.2) is 36.8 Å². The molecule has 3 rings (SSSR count). The van der Waals surface area contributed by atoms with Gasteiger partial charge < -0.3 is 5.32 Å². The van der Waals surface area contributed by atoms with E-state index in [1.54, 1.807) is 18.3 Å². The van der Waals surface area contributed by atoms with Crippen molar-refractivity contribution in [2.75, 3.05) is 11.9 Å².